The lowest BCUT2D eigenvalue weighted by atomic mass is 9.96. The smallest absolute Gasteiger partial charge is 0.383 e. The summed E-state index contributed by atoms with van der Waals surface area (Å²) in [5.74, 6) is 0. The van der Waals surface area contributed by atoms with Gasteiger partial charge in [0, 0.05) is 41.6 Å². The Kier molecular flexibility index (Phi) is 6.92. The molecule has 5 aromatic rings. The number of fused-ring (bicyclic) bond motifs is 2. The normalized spacial score (nSPS) is 15.3. The average molecular weight is 605 g/mol. The number of alkyl halides is 3. The van der Waals surface area contributed by atoms with E-state index >= 15 is 0 Å². The van der Waals surface area contributed by atoms with Gasteiger partial charge >= 0.3 is 6.18 Å². The molecule has 0 aliphatic heterocycles. The number of halogens is 4. The second kappa shape index (κ2) is 10.4. The standard InChI is InChI=1S/C31H28ClF3N8/c1-29(2,3)17-39-26-19(13-36)14-38-27-22(26)11-20(12-24(27)32)40-28(21-6-4-5-18-7-10-37-15-23(18)21)25-16-43(42-41-25)30(8-9-30)31(33,34)35/h4-7,10-12,14-16,28,40H,8-9,17H2,1-3H3,(H,38,39)/t28-/m0/s1. The van der Waals surface area contributed by atoms with Crippen LogP contribution in [-0.2, 0) is 5.54 Å². The summed E-state index contributed by atoms with van der Waals surface area (Å²) in [6.07, 6.45) is 1.71. The van der Waals surface area contributed by atoms with Gasteiger partial charge in [-0.05, 0) is 47.4 Å². The van der Waals surface area contributed by atoms with Crippen LogP contribution < -0.4 is 10.6 Å². The number of nitrogens with zero attached hydrogens (tertiary/aromatic N) is 6. The molecule has 1 aliphatic rings. The van der Waals surface area contributed by atoms with Gasteiger partial charge in [-0.15, -0.1) is 5.10 Å². The molecule has 6 rings (SSSR count). The van der Waals surface area contributed by atoms with Crippen LogP contribution in [0, 0.1) is 16.7 Å². The van der Waals surface area contributed by atoms with Crippen molar-refractivity contribution in [2.75, 3.05) is 17.2 Å². The van der Waals surface area contributed by atoms with Gasteiger partial charge in [-0.3, -0.25) is 9.97 Å². The second-order valence-corrected chi connectivity index (χ2v) is 12.5. The molecule has 12 heteroatoms. The Balaban J connectivity index is 1.49. The van der Waals surface area contributed by atoms with Crippen LogP contribution in [0.1, 0.15) is 56.5 Å². The zero-order valence-corrected chi connectivity index (χ0v) is 24.4. The Morgan fingerprint density at radius 1 is 1.12 bits per heavy atom. The Bertz CT molecular complexity index is 1880. The Morgan fingerprint density at radius 2 is 1.91 bits per heavy atom. The Labute approximate surface area is 250 Å². The van der Waals surface area contributed by atoms with Gasteiger partial charge in [0.15, 0.2) is 5.54 Å². The molecule has 8 nitrogen and oxygen atoms in total. The third-order valence-electron chi connectivity index (χ3n) is 7.68. The van der Waals surface area contributed by atoms with Crippen molar-refractivity contribution < 1.29 is 13.2 Å². The Morgan fingerprint density at radius 3 is 2.60 bits per heavy atom. The van der Waals surface area contributed by atoms with Crippen molar-refractivity contribution in [3.8, 4) is 6.07 Å². The molecule has 1 aliphatic carbocycles. The molecule has 220 valence electrons. The van der Waals surface area contributed by atoms with E-state index in [0.29, 0.717) is 45.1 Å². The fourth-order valence-electron chi connectivity index (χ4n) is 5.22. The average Bonchev–Trinajstić information content (AvgIpc) is 3.65. The molecule has 0 amide bonds. The lowest BCUT2D eigenvalue weighted by molar-refractivity contribution is -0.182. The molecule has 1 fully saturated rings. The lowest BCUT2D eigenvalue weighted by Crippen LogP contribution is -2.35. The highest BCUT2D eigenvalue weighted by Crippen LogP contribution is 2.55. The zero-order valence-electron chi connectivity index (χ0n) is 23.7. The maximum Gasteiger partial charge on any atom is 0.413 e. The highest BCUT2D eigenvalue weighted by molar-refractivity contribution is 6.35. The second-order valence-electron chi connectivity index (χ2n) is 12.1. The number of anilines is 2. The van der Waals surface area contributed by atoms with Crippen LogP contribution in [0.3, 0.4) is 0 Å². The van der Waals surface area contributed by atoms with E-state index < -0.39 is 17.8 Å². The molecule has 2 aromatic carbocycles. The highest BCUT2D eigenvalue weighted by atomic mass is 35.5. The van der Waals surface area contributed by atoms with Gasteiger partial charge in [0.2, 0.25) is 0 Å². The van der Waals surface area contributed by atoms with E-state index in [1.54, 1.807) is 18.5 Å². The third-order valence-corrected chi connectivity index (χ3v) is 7.96. The minimum atomic E-state index is -4.45. The van der Waals surface area contributed by atoms with E-state index in [0.717, 1.165) is 21.0 Å². The van der Waals surface area contributed by atoms with E-state index in [4.69, 9.17) is 11.6 Å². The third kappa shape index (κ3) is 5.31. The van der Waals surface area contributed by atoms with Crippen LogP contribution in [0.4, 0.5) is 24.5 Å². The van der Waals surface area contributed by atoms with Crippen molar-refractivity contribution in [1.29, 1.82) is 5.26 Å². The van der Waals surface area contributed by atoms with Gasteiger partial charge < -0.3 is 10.6 Å². The molecule has 3 aromatic heterocycles. The number of pyridine rings is 2. The van der Waals surface area contributed by atoms with Crippen molar-refractivity contribution in [3.63, 3.8) is 0 Å². The van der Waals surface area contributed by atoms with Crippen LogP contribution in [0.15, 0.2) is 61.2 Å². The molecule has 2 N–H and O–H groups in total. The van der Waals surface area contributed by atoms with Gasteiger partial charge in [0.05, 0.1) is 34.0 Å². The first-order valence-corrected chi connectivity index (χ1v) is 14.1. The molecule has 1 atom stereocenters. The van der Waals surface area contributed by atoms with E-state index in [1.807, 2.05) is 30.3 Å². The fourth-order valence-corrected chi connectivity index (χ4v) is 5.49. The molecule has 1 saturated carbocycles. The zero-order chi connectivity index (χ0) is 30.6. The largest absolute Gasteiger partial charge is 0.413 e. The highest BCUT2D eigenvalue weighted by Gasteiger charge is 2.66. The fraction of sp³-hybridized carbons (Fsp3) is 0.323. The summed E-state index contributed by atoms with van der Waals surface area (Å²) in [4.78, 5) is 8.72. The van der Waals surface area contributed by atoms with E-state index in [1.165, 1.54) is 12.4 Å². The minimum absolute atomic E-state index is 0.0472. The number of hydrogen-bond acceptors (Lipinski definition) is 7. The van der Waals surface area contributed by atoms with Gasteiger partial charge in [-0.2, -0.15) is 18.4 Å². The number of benzene rings is 2. The summed E-state index contributed by atoms with van der Waals surface area (Å²) in [5, 5.41) is 27.6. The van der Waals surface area contributed by atoms with Crippen LogP contribution in [0.5, 0.6) is 0 Å². The van der Waals surface area contributed by atoms with Crippen molar-refractivity contribution in [2.45, 2.75) is 51.4 Å². The molecule has 0 radical (unpaired) electrons. The van der Waals surface area contributed by atoms with Crippen molar-refractivity contribution >= 4 is 44.7 Å². The van der Waals surface area contributed by atoms with Crippen molar-refractivity contribution in [2.24, 2.45) is 5.41 Å². The first-order valence-electron chi connectivity index (χ1n) is 13.8. The summed E-state index contributed by atoms with van der Waals surface area (Å²) in [6.45, 7) is 6.83. The minimum Gasteiger partial charge on any atom is -0.383 e. The van der Waals surface area contributed by atoms with Gasteiger partial charge in [-0.1, -0.05) is 55.8 Å². The lowest BCUT2D eigenvalue weighted by Gasteiger charge is -2.23. The molecular weight excluding hydrogens is 577 g/mol. The van der Waals surface area contributed by atoms with E-state index in [-0.39, 0.29) is 18.3 Å². The number of nitrogens with one attached hydrogen (secondary N) is 2. The first-order chi connectivity index (χ1) is 20.4. The van der Waals surface area contributed by atoms with Crippen LogP contribution >= 0.6 is 11.6 Å². The molecule has 3 heterocycles. The SMILES string of the molecule is CC(C)(C)CNc1c(C#N)cnc2c(Cl)cc(N[C@H](c3cn(C4(C(F)(F)F)CC4)nn3)c3cccc4ccncc34)cc12. The predicted molar refractivity (Wildman–Crippen MR) is 160 cm³/mol. The molecule has 0 unspecified atom stereocenters. The van der Waals surface area contributed by atoms with Crippen molar-refractivity contribution in [1.82, 2.24) is 25.0 Å². The maximum atomic E-state index is 13.9. The van der Waals surface area contributed by atoms with E-state index in [2.05, 4.69) is 57.8 Å². The summed E-state index contributed by atoms with van der Waals surface area (Å²) in [7, 11) is 0. The number of nitriles is 1. The van der Waals surface area contributed by atoms with Crippen molar-refractivity contribution in [3.05, 3.63) is 83.0 Å². The number of rotatable bonds is 7. The maximum absolute atomic E-state index is 13.9. The summed E-state index contributed by atoms with van der Waals surface area (Å²) < 4.78 is 42.7. The van der Waals surface area contributed by atoms with Gasteiger partial charge in [0.1, 0.15) is 11.8 Å². The van der Waals surface area contributed by atoms with Crippen LogP contribution in [0.25, 0.3) is 21.7 Å². The van der Waals surface area contributed by atoms with Crippen LogP contribution in [0.2, 0.25) is 5.02 Å². The molecule has 0 bridgehead atoms. The predicted octanol–water partition coefficient (Wildman–Crippen LogP) is 7.61. The summed E-state index contributed by atoms with van der Waals surface area (Å²) in [5.41, 5.74) is 0.987. The van der Waals surface area contributed by atoms with E-state index in [9.17, 15) is 18.4 Å². The topological polar surface area (TPSA) is 104 Å². The molecule has 0 spiro atoms. The monoisotopic (exact) mass is 604 g/mol. The van der Waals surface area contributed by atoms with Gasteiger partial charge in [0.25, 0.3) is 0 Å². The van der Waals surface area contributed by atoms with Crippen LogP contribution in [-0.4, -0.2) is 37.7 Å². The molecular formula is C31H28ClF3N8. The molecule has 0 saturated heterocycles. The van der Waals surface area contributed by atoms with Gasteiger partial charge in [-0.25, -0.2) is 4.68 Å². The number of aromatic nitrogens is 5. The Hall–Kier alpha value is -4.43. The quantitative estimate of drug-likeness (QED) is 0.197. The summed E-state index contributed by atoms with van der Waals surface area (Å²) in [6, 6.07) is 12.6. The molecule has 43 heavy (non-hydrogen) atoms. The first kappa shape index (κ1) is 28.7. The number of hydrogen-bond donors (Lipinski definition) is 2. The summed E-state index contributed by atoms with van der Waals surface area (Å²) >= 11 is 6.73.